The first-order valence-electron chi connectivity index (χ1n) is 7.33. The van der Waals surface area contributed by atoms with Gasteiger partial charge in [-0.3, -0.25) is 4.68 Å². The summed E-state index contributed by atoms with van der Waals surface area (Å²) in [5, 5.41) is 5.61. The Morgan fingerprint density at radius 3 is 2.43 bits per heavy atom. The average molecular weight is 282 g/mol. The van der Waals surface area contributed by atoms with Crippen LogP contribution in [-0.4, -0.2) is 16.9 Å². The van der Waals surface area contributed by atoms with Gasteiger partial charge in [0.25, 0.3) is 0 Å². The molecular formula is C18H22N2O. The lowest BCUT2D eigenvalue weighted by Gasteiger charge is -2.03. The number of rotatable bonds is 3. The lowest BCUT2D eigenvalue weighted by Crippen LogP contribution is -2.01. The molecule has 0 N–H and O–H groups in total. The van der Waals surface area contributed by atoms with Gasteiger partial charge in [-0.05, 0) is 24.6 Å². The molecule has 3 nitrogen and oxygen atoms in total. The van der Waals surface area contributed by atoms with Gasteiger partial charge < -0.3 is 4.74 Å². The summed E-state index contributed by atoms with van der Waals surface area (Å²) >= 11 is 0. The predicted molar refractivity (Wildman–Crippen MR) is 87.9 cm³/mol. The lowest BCUT2D eigenvalue weighted by molar-refractivity contribution is 0.394. The molecular weight excluding hydrogens is 260 g/mol. The highest BCUT2D eigenvalue weighted by atomic mass is 16.5. The Balaban J connectivity index is 0.000000774. The van der Waals surface area contributed by atoms with Gasteiger partial charge in [0, 0.05) is 0 Å². The summed E-state index contributed by atoms with van der Waals surface area (Å²) in [6.45, 7) is 6.83. The van der Waals surface area contributed by atoms with E-state index in [1.807, 2.05) is 36.7 Å². The molecule has 0 unspecified atom stereocenters. The number of nitrogens with zero attached hydrogens (tertiary/aromatic N) is 2. The first-order valence-corrected chi connectivity index (χ1v) is 7.33. The Morgan fingerprint density at radius 1 is 1.05 bits per heavy atom. The van der Waals surface area contributed by atoms with Gasteiger partial charge in [0.05, 0.1) is 24.6 Å². The molecule has 1 heterocycles. The third-order valence-electron chi connectivity index (χ3n) is 3.24. The first-order chi connectivity index (χ1) is 10.3. The summed E-state index contributed by atoms with van der Waals surface area (Å²) in [6, 6.07) is 16.6. The van der Waals surface area contributed by atoms with E-state index in [2.05, 4.69) is 42.4 Å². The maximum absolute atomic E-state index is 5.37. The summed E-state index contributed by atoms with van der Waals surface area (Å²) in [5.74, 6) is 0.689. The van der Waals surface area contributed by atoms with Crippen LogP contribution in [0.25, 0.3) is 10.9 Å². The van der Waals surface area contributed by atoms with Gasteiger partial charge in [-0.2, -0.15) is 0 Å². The van der Waals surface area contributed by atoms with Crippen LogP contribution in [0.5, 0.6) is 5.88 Å². The van der Waals surface area contributed by atoms with Crippen LogP contribution in [0.15, 0.2) is 48.5 Å². The average Bonchev–Trinajstić information content (AvgIpc) is 2.87. The van der Waals surface area contributed by atoms with E-state index >= 15 is 0 Å². The van der Waals surface area contributed by atoms with Gasteiger partial charge in [0.1, 0.15) is 0 Å². The molecule has 0 spiro atoms. The van der Waals surface area contributed by atoms with Crippen LogP contribution in [0, 0.1) is 6.92 Å². The van der Waals surface area contributed by atoms with Crippen LogP contribution in [-0.2, 0) is 6.54 Å². The molecule has 0 atom stereocenters. The first kappa shape index (κ1) is 15.1. The standard InChI is InChI=1S/C16H16N2O.C2H6/c1-12-8-9-15-14(10-12)16(19-2)17-18(15)11-13-6-4-3-5-7-13;1-2/h3-10H,11H2,1-2H3;1-2H3. The second-order valence-corrected chi connectivity index (χ2v) is 4.67. The lowest BCUT2D eigenvalue weighted by atomic mass is 10.2. The van der Waals surface area contributed by atoms with E-state index in [4.69, 9.17) is 4.74 Å². The molecule has 110 valence electrons. The van der Waals surface area contributed by atoms with E-state index in [-0.39, 0.29) is 0 Å². The Labute approximate surface area is 126 Å². The number of aromatic nitrogens is 2. The Bertz CT molecular complexity index is 702. The predicted octanol–water partition coefficient (Wildman–Crippen LogP) is 4.43. The van der Waals surface area contributed by atoms with E-state index in [9.17, 15) is 0 Å². The second-order valence-electron chi connectivity index (χ2n) is 4.67. The molecule has 0 fully saturated rings. The minimum absolute atomic E-state index is 0.689. The van der Waals surface area contributed by atoms with Crippen molar-refractivity contribution in [2.75, 3.05) is 7.11 Å². The van der Waals surface area contributed by atoms with Crippen molar-refractivity contribution in [3.63, 3.8) is 0 Å². The molecule has 0 saturated heterocycles. The molecule has 0 amide bonds. The fourth-order valence-electron chi connectivity index (χ4n) is 2.29. The molecule has 1 aromatic heterocycles. The molecule has 0 saturated carbocycles. The van der Waals surface area contributed by atoms with Gasteiger partial charge in [-0.15, -0.1) is 5.10 Å². The number of fused-ring (bicyclic) bond motifs is 1. The van der Waals surface area contributed by atoms with E-state index in [1.165, 1.54) is 11.1 Å². The van der Waals surface area contributed by atoms with E-state index < -0.39 is 0 Å². The molecule has 0 bridgehead atoms. The number of aryl methyl sites for hydroxylation is 1. The zero-order chi connectivity index (χ0) is 15.2. The third kappa shape index (κ3) is 3.24. The monoisotopic (exact) mass is 282 g/mol. The zero-order valence-electron chi connectivity index (χ0n) is 13.1. The number of methoxy groups -OCH3 is 1. The topological polar surface area (TPSA) is 27.1 Å². The van der Waals surface area contributed by atoms with Crippen LogP contribution < -0.4 is 4.74 Å². The van der Waals surface area contributed by atoms with Crippen molar-refractivity contribution in [3.05, 3.63) is 59.7 Å². The van der Waals surface area contributed by atoms with Crippen molar-refractivity contribution >= 4 is 10.9 Å². The number of hydrogen-bond acceptors (Lipinski definition) is 2. The maximum atomic E-state index is 5.37. The van der Waals surface area contributed by atoms with Gasteiger partial charge >= 0.3 is 0 Å². The van der Waals surface area contributed by atoms with Crippen LogP contribution >= 0.6 is 0 Å². The molecule has 0 aliphatic rings. The van der Waals surface area contributed by atoms with Crippen molar-refractivity contribution in [1.82, 2.24) is 9.78 Å². The van der Waals surface area contributed by atoms with Gasteiger partial charge in [0.2, 0.25) is 5.88 Å². The normalized spacial score (nSPS) is 10.1. The van der Waals surface area contributed by atoms with Crippen molar-refractivity contribution < 1.29 is 4.74 Å². The van der Waals surface area contributed by atoms with Gasteiger partial charge in [-0.25, -0.2) is 0 Å². The second kappa shape index (κ2) is 6.93. The van der Waals surface area contributed by atoms with Crippen molar-refractivity contribution in [2.45, 2.75) is 27.3 Å². The molecule has 0 radical (unpaired) electrons. The highest BCUT2D eigenvalue weighted by molar-refractivity contribution is 5.85. The van der Waals surface area contributed by atoms with E-state index in [0.717, 1.165) is 17.4 Å². The minimum atomic E-state index is 0.689. The van der Waals surface area contributed by atoms with Gasteiger partial charge in [0.15, 0.2) is 0 Å². The molecule has 0 aliphatic heterocycles. The fourth-order valence-corrected chi connectivity index (χ4v) is 2.29. The SMILES string of the molecule is CC.COc1nn(Cc2ccccc2)c2ccc(C)cc12. The maximum Gasteiger partial charge on any atom is 0.240 e. The number of hydrogen-bond donors (Lipinski definition) is 0. The largest absolute Gasteiger partial charge is 0.479 e. The fraction of sp³-hybridized carbons (Fsp3) is 0.278. The Kier molecular flexibility index (Phi) is 4.99. The van der Waals surface area contributed by atoms with Crippen LogP contribution in [0.2, 0.25) is 0 Å². The summed E-state index contributed by atoms with van der Waals surface area (Å²) in [5.41, 5.74) is 3.55. The molecule has 0 aliphatic carbocycles. The summed E-state index contributed by atoms with van der Waals surface area (Å²) in [4.78, 5) is 0. The van der Waals surface area contributed by atoms with Crippen LogP contribution in [0.4, 0.5) is 0 Å². The quantitative estimate of drug-likeness (QED) is 0.710. The van der Waals surface area contributed by atoms with Crippen molar-refractivity contribution in [1.29, 1.82) is 0 Å². The number of ether oxygens (including phenoxy) is 1. The van der Waals surface area contributed by atoms with Crippen molar-refractivity contribution in [3.8, 4) is 5.88 Å². The number of benzene rings is 2. The summed E-state index contributed by atoms with van der Waals surface area (Å²) < 4.78 is 7.36. The molecule has 21 heavy (non-hydrogen) atoms. The summed E-state index contributed by atoms with van der Waals surface area (Å²) in [6.07, 6.45) is 0. The Morgan fingerprint density at radius 2 is 1.76 bits per heavy atom. The van der Waals surface area contributed by atoms with Gasteiger partial charge in [-0.1, -0.05) is 55.8 Å². The minimum Gasteiger partial charge on any atom is -0.479 e. The van der Waals surface area contributed by atoms with E-state index in [0.29, 0.717) is 5.88 Å². The van der Waals surface area contributed by atoms with E-state index in [1.54, 1.807) is 7.11 Å². The highest BCUT2D eigenvalue weighted by Gasteiger charge is 2.11. The molecule has 2 aromatic carbocycles. The molecule has 3 aromatic rings. The summed E-state index contributed by atoms with van der Waals surface area (Å²) in [7, 11) is 1.66. The zero-order valence-corrected chi connectivity index (χ0v) is 13.1. The third-order valence-corrected chi connectivity index (χ3v) is 3.24. The Hall–Kier alpha value is -2.29. The van der Waals surface area contributed by atoms with Crippen LogP contribution in [0.1, 0.15) is 25.0 Å². The molecule has 3 heteroatoms. The highest BCUT2D eigenvalue weighted by Crippen LogP contribution is 2.26. The van der Waals surface area contributed by atoms with Crippen molar-refractivity contribution in [2.24, 2.45) is 0 Å². The van der Waals surface area contributed by atoms with Crippen LogP contribution in [0.3, 0.4) is 0 Å². The molecule has 3 rings (SSSR count). The smallest absolute Gasteiger partial charge is 0.240 e.